The molecular formula is C54H100O6. The molecule has 0 N–H and O–H groups in total. The number of ether oxygens (including phenoxy) is 3. The van der Waals surface area contributed by atoms with Crippen LogP contribution in [0.3, 0.4) is 0 Å². The predicted molar refractivity (Wildman–Crippen MR) is 256 cm³/mol. The van der Waals surface area contributed by atoms with Crippen molar-refractivity contribution in [3.8, 4) is 0 Å². The minimum Gasteiger partial charge on any atom is -0.462 e. The van der Waals surface area contributed by atoms with Crippen molar-refractivity contribution in [1.29, 1.82) is 0 Å². The fourth-order valence-electron chi connectivity index (χ4n) is 7.65. The lowest BCUT2D eigenvalue weighted by molar-refractivity contribution is -0.167. The smallest absolute Gasteiger partial charge is 0.306 e. The maximum atomic E-state index is 12.8. The second-order valence-electron chi connectivity index (χ2n) is 17.8. The van der Waals surface area contributed by atoms with Crippen LogP contribution in [0.25, 0.3) is 0 Å². The second-order valence-corrected chi connectivity index (χ2v) is 17.8. The molecule has 6 nitrogen and oxygen atoms in total. The van der Waals surface area contributed by atoms with E-state index in [0.717, 1.165) is 77.0 Å². The van der Waals surface area contributed by atoms with Crippen LogP contribution in [0.15, 0.2) is 24.3 Å². The van der Waals surface area contributed by atoms with Crippen LogP contribution >= 0.6 is 0 Å². The quantitative estimate of drug-likeness (QED) is 0.0263. The minimum absolute atomic E-state index is 0.0762. The van der Waals surface area contributed by atoms with E-state index in [-0.39, 0.29) is 31.1 Å². The van der Waals surface area contributed by atoms with E-state index in [1.165, 1.54) is 167 Å². The van der Waals surface area contributed by atoms with Gasteiger partial charge in [-0.2, -0.15) is 0 Å². The molecule has 0 aromatic carbocycles. The first-order chi connectivity index (χ1) is 29.5. The van der Waals surface area contributed by atoms with Crippen LogP contribution < -0.4 is 0 Å². The standard InChI is InChI=1S/C54H100O6/c1-4-7-10-13-16-19-22-24-26-27-28-30-32-35-38-41-44-47-53(56)59-50-51(49-58-52(55)46-43-40-37-34-31-21-18-15-12-9-6-3)60-54(57)48-45-42-39-36-33-29-25-23-20-17-14-11-8-5-2/h15,18,29,33,51H,4-14,16-17,19-28,30-32,34-50H2,1-3H3/b18-15-,33-29-. The second kappa shape index (κ2) is 49.5. The maximum absolute atomic E-state index is 12.8. The van der Waals surface area contributed by atoms with Gasteiger partial charge in [-0.1, -0.05) is 225 Å². The molecular weight excluding hydrogens is 745 g/mol. The maximum Gasteiger partial charge on any atom is 0.306 e. The molecule has 0 aromatic rings. The first kappa shape index (κ1) is 57.9. The van der Waals surface area contributed by atoms with Crippen molar-refractivity contribution < 1.29 is 28.6 Å². The number of carbonyl (C=O) groups is 3. The number of rotatable bonds is 48. The van der Waals surface area contributed by atoms with Crippen molar-refractivity contribution in [2.75, 3.05) is 13.2 Å². The molecule has 0 aliphatic carbocycles. The zero-order chi connectivity index (χ0) is 43.7. The largest absolute Gasteiger partial charge is 0.462 e. The van der Waals surface area contributed by atoms with E-state index in [0.29, 0.717) is 19.3 Å². The van der Waals surface area contributed by atoms with Gasteiger partial charge in [0.15, 0.2) is 6.10 Å². The van der Waals surface area contributed by atoms with Gasteiger partial charge >= 0.3 is 17.9 Å². The molecule has 0 aliphatic heterocycles. The van der Waals surface area contributed by atoms with Gasteiger partial charge in [0.1, 0.15) is 13.2 Å². The summed E-state index contributed by atoms with van der Waals surface area (Å²) in [7, 11) is 0. The van der Waals surface area contributed by atoms with E-state index in [9.17, 15) is 14.4 Å². The van der Waals surface area contributed by atoms with E-state index in [1.807, 2.05) is 0 Å². The molecule has 0 rings (SSSR count). The van der Waals surface area contributed by atoms with Crippen LogP contribution in [-0.2, 0) is 28.6 Å². The fourth-order valence-corrected chi connectivity index (χ4v) is 7.65. The molecule has 0 bridgehead atoms. The summed E-state index contributed by atoms with van der Waals surface area (Å²) in [6.07, 6.45) is 55.9. The number of esters is 3. The number of hydrogen-bond donors (Lipinski definition) is 0. The first-order valence-electron chi connectivity index (χ1n) is 26.3. The predicted octanol–water partition coefficient (Wildman–Crippen LogP) is 17.2. The minimum atomic E-state index is -0.777. The Morgan fingerprint density at radius 2 is 0.567 bits per heavy atom. The van der Waals surface area contributed by atoms with Crippen LogP contribution in [0.1, 0.15) is 284 Å². The number of unbranched alkanes of at least 4 members (excludes halogenated alkanes) is 33. The number of carbonyl (C=O) groups excluding carboxylic acids is 3. The SMILES string of the molecule is CCCC/C=C\CCCCCCCC(=O)OCC(COC(=O)CCCCCCCCCCCCCCCCCCC)OC(=O)CCCCC/C=C\CCCCCCCCC. The molecule has 0 spiro atoms. The highest BCUT2D eigenvalue weighted by atomic mass is 16.6. The van der Waals surface area contributed by atoms with Gasteiger partial charge < -0.3 is 14.2 Å². The van der Waals surface area contributed by atoms with E-state index in [1.54, 1.807) is 0 Å². The Hall–Kier alpha value is -2.11. The summed E-state index contributed by atoms with van der Waals surface area (Å²) in [6, 6.07) is 0. The van der Waals surface area contributed by atoms with Crippen molar-refractivity contribution in [1.82, 2.24) is 0 Å². The highest BCUT2D eigenvalue weighted by Crippen LogP contribution is 2.16. The Morgan fingerprint density at radius 1 is 0.317 bits per heavy atom. The van der Waals surface area contributed by atoms with Gasteiger partial charge in [-0.05, 0) is 64.2 Å². The average Bonchev–Trinajstić information content (AvgIpc) is 3.24. The third-order valence-corrected chi connectivity index (χ3v) is 11.7. The van der Waals surface area contributed by atoms with Crippen molar-refractivity contribution in [2.45, 2.75) is 290 Å². The van der Waals surface area contributed by atoms with E-state index in [2.05, 4.69) is 45.1 Å². The fraction of sp³-hybridized carbons (Fsp3) is 0.870. The van der Waals surface area contributed by atoms with E-state index in [4.69, 9.17) is 14.2 Å². The summed E-state index contributed by atoms with van der Waals surface area (Å²) >= 11 is 0. The molecule has 0 radical (unpaired) electrons. The van der Waals surface area contributed by atoms with Gasteiger partial charge in [0.2, 0.25) is 0 Å². The van der Waals surface area contributed by atoms with Crippen molar-refractivity contribution in [2.24, 2.45) is 0 Å². The van der Waals surface area contributed by atoms with Gasteiger partial charge in [0.25, 0.3) is 0 Å². The Bertz CT molecular complexity index is 973. The van der Waals surface area contributed by atoms with Crippen LogP contribution in [0.4, 0.5) is 0 Å². The summed E-state index contributed by atoms with van der Waals surface area (Å²) in [5.41, 5.74) is 0. The molecule has 60 heavy (non-hydrogen) atoms. The zero-order valence-corrected chi connectivity index (χ0v) is 40.2. The van der Waals surface area contributed by atoms with Gasteiger partial charge in [-0.3, -0.25) is 14.4 Å². The normalized spacial score (nSPS) is 12.1. The van der Waals surface area contributed by atoms with Crippen LogP contribution in [0.5, 0.6) is 0 Å². The molecule has 1 atom stereocenters. The lowest BCUT2D eigenvalue weighted by Crippen LogP contribution is -2.30. The molecule has 0 aromatic heterocycles. The van der Waals surface area contributed by atoms with Crippen LogP contribution in [-0.4, -0.2) is 37.2 Å². The third kappa shape index (κ3) is 46.9. The summed E-state index contributed by atoms with van der Waals surface area (Å²) in [4.78, 5) is 37.9. The van der Waals surface area contributed by atoms with E-state index < -0.39 is 6.10 Å². The Balaban J connectivity index is 4.33. The summed E-state index contributed by atoms with van der Waals surface area (Å²) in [5, 5.41) is 0. The Morgan fingerprint density at radius 3 is 0.900 bits per heavy atom. The number of hydrogen-bond acceptors (Lipinski definition) is 6. The summed E-state index contributed by atoms with van der Waals surface area (Å²) in [5.74, 6) is -0.889. The molecule has 0 amide bonds. The molecule has 1 unspecified atom stereocenters. The zero-order valence-electron chi connectivity index (χ0n) is 40.2. The van der Waals surface area contributed by atoms with Crippen LogP contribution in [0.2, 0.25) is 0 Å². The van der Waals surface area contributed by atoms with Gasteiger partial charge in [0, 0.05) is 19.3 Å². The molecule has 0 heterocycles. The first-order valence-corrected chi connectivity index (χ1v) is 26.3. The molecule has 352 valence electrons. The number of allylic oxidation sites excluding steroid dienone is 4. The van der Waals surface area contributed by atoms with Gasteiger partial charge in [0.05, 0.1) is 0 Å². The van der Waals surface area contributed by atoms with Crippen molar-refractivity contribution in [3.63, 3.8) is 0 Å². The lowest BCUT2D eigenvalue weighted by Gasteiger charge is -2.18. The topological polar surface area (TPSA) is 78.9 Å². The summed E-state index contributed by atoms with van der Waals surface area (Å²) in [6.45, 7) is 6.61. The molecule has 0 aliphatic rings. The highest BCUT2D eigenvalue weighted by Gasteiger charge is 2.19. The Kier molecular flexibility index (Phi) is 47.8. The lowest BCUT2D eigenvalue weighted by atomic mass is 10.0. The summed E-state index contributed by atoms with van der Waals surface area (Å²) < 4.78 is 16.8. The van der Waals surface area contributed by atoms with Crippen molar-refractivity contribution >= 4 is 17.9 Å². The van der Waals surface area contributed by atoms with Gasteiger partial charge in [-0.15, -0.1) is 0 Å². The molecule has 0 saturated carbocycles. The molecule has 6 heteroatoms. The monoisotopic (exact) mass is 845 g/mol. The molecule has 0 saturated heterocycles. The average molecular weight is 845 g/mol. The van der Waals surface area contributed by atoms with Crippen molar-refractivity contribution in [3.05, 3.63) is 24.3 Å². The van der Waals surface area contributed by atoms with E-state index >= 15 is 0 Å². The Labute approximate surface area is 373 Å². The third-order valence-electron chi connectivity index (χ3n) is 11.7. The highest BCUT2D eigenvalue weighted by molar-refractivity contribution is 5.71. The molecule has 0 fully saturated rings. The van der Waals surface area contributed by atoms with Crippen LogP contribution in [0, 0.1) is 0 Å². The van der Waals surface area contributed by atoms with Gasteiger partial charge in [-0.25, -0.2) is 0 Å².